The van der Waals surface area contributed by atoms with Crippen LogP contribution in [0.5, 0.6) is 0 Å². The summed E-state index contributed by atoms with van der Waals surface area (Å²) in [6.45, 7) is 3.09. The van der Waals surface area contributed by atoms with Gasteiger partial charge in [-0.1, -0.05) is 6.07 Å². The van der Waals surface area contributed by atoms with E-state index in [1.807, 2.05) is 0 Å². The van der Waals surface area contributed by atoms with Gasteiger partial charge in [-0.25, -0.2) is 0 Å². The third-order valence-corrected chi connectivity index (χ3v) is 7.22. The molecular weight excluding hydrogens is 395 g/mol. The molecule has 3 aliphatic heterocycles. The molecule has 160 valence electrons. The lowest BCUT2D eigenvalue weighted by Crippen LogP contribution is -2.65. The van der Waals surface area contributed by atoms with Crippen molar-refractivity contribution in [2.24, 2.45) is 11.3 Å². The van der Waals surface area contributed by atoms with E-state index in [1.54, 1.807) is 18.2 Å². The summed E-state index contributed by atoms with van der Waals surface area (Å²) in [6.07, 6.45) is 3.39. The molecule has 2 N–H and O–H groups in total. The Labute approximate surface area is 182 Å². The zero-order valence-electron chi connectivity index (χ0n) is 17.6. The van der Waals surface area contributed by atoms with Crippen LogP contribution in [-0.2, 0) is 9.59 Å². The average Bonchev–Trinajstić information content (AvgIpc) is 2.94. The molecular formula is C22H25BN4O4. The zero-order valence-corrected chi connectivity index (χ0v) is 17.6. The Morgan fingerprint density at radius 2 is 1.90 bits per heavy atom. The van der Waals surface area contributed by atoms with E-state index in [0.717, 1.165) is 11.3 Å². The summed E-state index contributed by atoms with van der Waals surface area (Å²) in [5.74, 6) is -1.81. The second-order valence-corrected chi connectivity index (χ2v) is 9.64. The molecule has 1 aromatic carbocycles. The summed E-state index contributed by atoms with van der Waals surface area (Å²) >= 11 is 0. The van der Waals surface area contributed by atoms with E-state index < -0.39 is 29.1 Å². The van der Waals surface area contributed by atoms with Gasteiger partial charge in [-0.15, -0.1) is 0 Å². The lowest BCUT2D eigenvalue weighted by Gasteiger charge is -2.58. The smallest absolute Gasteiger partial charge is 0.263 e. The number of anilines is 1. The van der Waals surface area contributed by atoms with E-state index >= 15 is 0 Å². The minimum absolute atomic E-state index is 0.0284. The molecule has 1 aromatic rings. The maximum absolute atomic E-state index is 13.2. The number of carbonyl (C=O) groups is 4. The van der Waals surface area contributed by atoms with Crippen molar-refractivity contribution in [1.82, 2.24) is 15.1 Å². The summed E-state index contributed by atoms with van der Waals surface area (Å²) in [5.41, 5.74) is -0.286. The maximum Gasteiger partial charge on any atom is 0.263 e. The van der Waals surface area contributed by atoms with Gasteiger partial charge in [-0.3, -0.25) is 29.4 Å². The van der Waals surface area contributed by atoms with Crippen LogP contribution >= 0.6 is 0 Å². The molecule has 2 saturated heterocycles. The number of likely N-dealkylation sites (tertiary alicyclic amines) is 1. The van der Waals surface area contributed by atoms with Crippen molar-refractivity contribution in [2.45, 2.75) is 37.5 Å². The normalized spacial score (nSPS) is 27.7. The lowest BCUT2D eigenvalue weighted by molar-refractivity contribution is -0.138. The van der Waals surface area contributed by atoms with E-state index in [0.29, 0.717) is 23.6 Å². The van der Waals surface area contributed by atoms with Gasteiger partial charge in [-0.2, -0.15) is 0 Å². The predicted molar refractivity (Wildman–Crippen MR) is 114 cm³/mol. The van der Waals surface area contributed by atoms with Gasteiger partial charge in [0.05, 0.1) is 16.6 Å². The number of piperidine rings is 1. The second-order valence-electron chi connectivity index (χ2n) is 9.64. The maximum atomic E-state index is 13.2. The van der Waals surface area contributed by atoms with Gasteiger partial charge >= 0.3 is 0 Å². The quantitative estimate of drug-likeness (QED) is 0.539. The fourth-order valence-electron chi connectivity index (χ4n) is 5.86. The van der Waals surface area contributed by atoms with Gasteiger partial charge in [0.15, 0.2) is 0 Å². The van der Waals surface area contributed by atoms with Crippen molar-refractivity contribution in [3.8, 4) is 0 Å². The van der Waals surface area contributed by atoms with Crippen LogP contribution in [0.1, 0.15) is 52.8 Å². The van der Waals surface area contributed by atoms with Crippen molar-refractivity contribution in [3.05, 3.63) is 29.3 Å². The van der Waals surface area contributed by atoms with Crippen LogP contribution in [0.2, 0.25) is 0 Å². The average molecular weight is 420 g/mol. The minimum Gasteiger partial charge on any atom is -0.384 e. The number of nitrogens with zero attached hydrogens (tertiary/aromatic N) is 2. The topological polar surface area (TPSA) is 98.8 Å². The van der Waals surface area contributed by atoms with Gasteiger partial charge in [0, 0.05) is 31.7 Å². The van der Waals surface area contributed by atoms with Crippen molar-refractivity contribution in [3.63, 3.8) is 0 Å². The molecule has 1 spiro atoms. The van der Waals surface area contributed by atoms with Crippen LogP contribution in [0.25, 0.3) is 0 Å². The number of imide groups is 2. The van der Waals surface area contributed by atoms with Crippen molar-refractivity contribution < 1.29 is 19.2 Å². The SMILES string of the molecule is [B]C1(N2C(=O)c3cccc(NCCC4CC5(C4)CN(C)C5)c3C2=O)CCC(=O)NC1=O. The van der Waals surface area contributed by atoms with E-state index in [2.05, 4.69) is 22.6 Å². The highest BCUT2D eigenvalue weighted by atomic mass is 16.2. The molecule has 5 rings (SSSR count). The first kappa shape index (κ1) is 20.2. The zero-order chi connectivity index (χ0) is 22.0. The highest BCUT2D eigenvalue weighted by Crippen LogP contribution is 2.52. The van der Waals surface area contributed by atoms with Crippen LogP contribution in [0.3, 0.4) is 0 Å². The number of hydrogen-bond donors (Lipinski definition) is 2. The van der Waals surface area contributed by atoms with Crippen LogP contribution in [-0.4, -0.2) is 73.4 Å². The lowest BCUT2D eigenvalue weighted by atomic mass is 9.57. The third-order valence-electron chi connectivity index (χ3n) is 7.22. The van der Waals surface area contributed by atoms with Crippen LogP contribution < -0.4 is 10.6 Å². The number of amides is 4. The number of fused-ring (bicyclic) bond motifs is 1. The molecule has 3 heterocycles. The summed E-state index contributed by atoms with van der Waals surface area (Å²) in [6, 6.07) is 5.05. The number of hydrogen-bond acceptors (Lipinski definition) is 6. The fraction of sp³-hybridized carbons (Fsp3) is 0.545. The molecule has 0 aromatic heterocycles. The van der Waals surface area contributed by atoms with Gasteiger partial charge < -0.3 is 10.2 Å². The summed E-state index contributed by atoms with van der Waals surface area (Å²) < 4.78 is 0. The predicted octanol–water partition coefficient (Wildman–Crippen LogP) is 0.728. The van der Waals surface area contributed by atoms with Gasteiger partial charge in [-0.05, 0) is 56.2 Å². The standard InChI is InChI=1S/C22H25BN4O4/c1-26-11-21(12-26)9-13(10-21)6-8-24-15-4-2-3-14-17(15)19(30)27(18(14)29)22(23)7-5-16(28)25-20(22)31/h2-4,13,24H,5-12H2,1H3,(H,25,28,31). The Hall–Kier alpha value is -2.68. The second kappa shape index (κ2) is 6.92. The molecule has 1 aliphatic carbocycles. The first-order chi connectivity index (χ1) is 14.7. The molecule has 9 heteroatoms. The van der Waals surface area contributed by atoms with Gasteiger partial charge in [0.2, 0.25) is 11.8 Å². The third kappa shape index (κ3) is 3.09. The Balaban J connectivity index is 1.28. The molecule has 2 radical (unpaired) electrons. The molecule has 0 bridgehead atoms. The first-order valence-electron chi connectivity index (χ1n) is 10.8. The molecule has 4 aliphatic rings. The van der Waals surface area contributed by atoms with E-state index in [-0.39, 0.29) is 24.0 Å². The number of carbonyl (C=O) groups excluding carboxylic acids is 4. The van der Waals surface area contributed by atoms with E-state index in [1.165, 1.54) is 25.9 Å². The monoisotopic (exact) mass is 420 g/mol. The van der Waals surface area contributed by atoms with Crippen LogP contribution in [0, 0.1) is 11.3 Å². The highest BCUT2D eigenvalue weighted by Gasteiger charge is 2.53. The highest BCUT2D eigenvalue weighted by molar-refractivity contribution is 6.37. The summed E-state index contributed by atoms with van der Waals surface area (Å²) in [4.78, 5) is 53.3. The Kier molecular flexibility index (Phi) is 4.52. The Morgan fingerprint density at radius 3 is 2.58 bits per heavy atom. The molecule has 4 amide bonds. The summed E-state index contributed by atoms with van der Waals surface area (Å²) in [5, 5.41) is 5.46. The molecule has 1 saturated carbocycles. The molecule has 3 fully saturated rings. The first-order valence-corrected chi connectivity index (χ1v) is 10.8. The van der Waals surface area contributed by atoms with Crippen LogP contribution in [0.15, 0.2) is 18.2 Å². The molecule has 1 atom stereocenters. The van der Waals surface area contributed by atoms with E-state index in [9.17, 15) is 19.2 Å². The largest absolute Gasteiger partial charge is 0.384 e. The van der Waals surface area contributed by atoms with Crippen molar-refractivity contribution in [1.29, 1.82) is 0 Å². The Bertz CT molecular complexity index is 997. The molecule has 31 heavy (non-hydrogen) atoms. The summed E-state index contributed by atoms with van der Waals surface area (Å²) in [7, 11) is 8.35. The fourth-order valence-corrected chi connectivity index (χ4v) is 5.86. The minimum atomic E-state index is -1.87. The van der Waals surface area contributed by atoms with Crippen molar-refractivity contribution >= 4 is 37.2 Å². The van der Waals surface area contributed by atoms with Gasteiger partial charge in [0.1, 0.15) is 7.85 Å². The molecule has 8 nitrogen and oxygen atoms in total. The molecule has 1 unspecified atom stereocenters. The number of benzene rings is 1. The Morgan fingerprint density at radius 1 is 1.16 bits per heavy atom. The number of nitrogens with one attached hydrogen (secondary N) is 2. The van der Waals surface area contributed by atoms with Crippen LogP contribution in [0.4, 0.5) is 5.69 Å². The van der Waals surface area contributed by atoms with Crippen molar-refractivity contribution in [2.75, 3.05) is 32.0 Å². The van der Waals surface area contributed by atoms with Gasteiger partial charge in [0.25, 0.3) is 11.8 Å². The van der Waals surface area contributed by atoms with E-state index in [4.69, 9.17) is 7.85 Å². The number of rotatable bonds is 5.